The van der Waals surface area contributed by atoms with E-state index >= 15 is 0 Å². The molecule has 2 heterocycles. The lowest BCUT2D eigenvalue weighted by atomic mass is 9.79. The number of nitrogens with zero attached hydrogens (tertiary/aromatic N) is 3. The molecule has 8 aromatic carbocycles. The Bertz CT molecular complexity index is 3680. The number of hydrogen-bond acceptors (Lipinski definition) is 3. The number of hydrogen-bond donors (Lipinski definition) is 1. The van der Waals surface area contributed by atoms with Crippen molar-refractivity contribution in [1.82, 2.24) is 14.5 Å². The van der Waals surface area contributed by atoms with Gasteiger partial charge in [0.05, 0.1) is 28.0 Å². The Labute approximate surface area is 434 Å². The summed E-state index contributed by atoms with van der Waals surface area (Å²) in [6.45, 7) is 23.9. The molecule has 0 spiro atoms. The van der Waals surface area contributed by atoms with Crippen molar-refractivity contribution in [2.45, 2.75) is 98.3 Å². The number of aromatic nitrogens is 3. The van der Waals surface area contributed by atoms with Crippen LogP contribution in [0.5, 0.6) is 5.75 Å². The van der Waals surface area contributed by atoms with Gasteiger partial charge in [0.25, 0.3) is 0 Å². The summed E-state index contributed by atoms with van der Waals surface area (Å²) in [7, 11) is 0. The first-order valence-corrected chi connectivity index (χ1v) is 25.6. The van der Waals surface area contributed by atoms with E-state index in [0.717, 1.165) is 89.2 Å². The third kappa shape index (κ3) is 9.67. The molecule has 0 radical (unpaired) electrons. The molecule has 73 heavy (non-hydrogen) atoms. The number of fused-ring (bicyclic) bond motifs is 1. The lowest BCUT2D eigenvalue weighted by Gasteiger charge is -2.28. The predicted octanol–water partition coefficient (Wildman–Crippen LogP) is 18.8. The summed E-state index contributed by atoms with van der Waals surface area (Å²) in [4.78, 5) is 10.8. The number of aromatic hydroxyl groups is 1. The third-order valence-corrected chi connectivity index (χ3v) is 14.3. The highest BCUT2D eigenvalue weighted by Gasteiger charge is 2.30. The van der Waals surface area contributed by atoms with Crippen LogP contribution < -0.4 is 0 Å². The minimum Gasteiger partial charge on any atom is -0.507 e. The Morgan fingerprint density at radius 1 is 0.452 bits per heavy atom. The zero-order valence-electron chi connectivity index (χ0n) is 45.3. The number of pyridine rings is 1. The van der Waals surface area contributed by atoms with Crippen molar-refractivity contribution in [3.05, 3.63) is 217 Å². The van der Waals surface area contributed by atoms with E-state index in [4.69, 9.17) is 9.97 Å². The van der Waals surface area contributed by atoms with Crippen LogP contribution in [0.4, 0.5) is 0 Å². The van der Waals surface area contributed by atoms with Gasteiger partial charge in [-0.3, -0.25) is 9.55 Å². The van der Waals surface area contributed by atoms with Gasteiger partial charge in [-0.05, 0) is 132 Å². The van der Waals surface area contributed by atoms with Crippen molar-refractivity contribution in [3.63, 3.8) is 0 Å². The fourth-order valence-electron chi connectivity index (χ4n) is 10.1. The van der Waals surface area contributed by atoms with Crippen molar-refractivity contribution in [3.8, 4) is 89.7 Å². The van der Waals surface area contributed by atoms with Crippen LogP contribution in [0.25, 0.3) is 95.0 Å². The van der Waals surface area contributed by atoms with E-state index in [9.17, 15) is 6.48 Å². The third-order valence-electron chi connectivity index (χ3n) is 14.3. The van der Waals surface area contributed by atoms with Gasteiger partial charge < -0.3 is 5.11 Å². The summed E-state index contributed by atoms with van der Waals surface area (Å²) >= 11 is 0. The van der Waals surface area contributed by atoms with Gasteiger partial charge in [-0.1, -0.05) is 216 Å². The fraction of sp³-hybridized carbons (Fsp3) is 0.217. The average molecular weight is 955 g/mol. The Morgan fingerprint density at radius 2 is 1.00 bits per heavy atom. The van der Waals surface area contributed by atoms with E-state index in [1.165, 1.54) is 16.7 Å². The van der Waals surface area contributed by atoms with Crippen LogP contribution in [0, 0.1) is 0 Å². The SMILES string of the molecule is [2H]C(C)(C)c1cc(-c2ccccc2)c(-n2c(-c3cc(C(C)(C)C)cc(C(C)(C)C)c3O)nc3c(-c4cc(-c5cc(-c6ccc(-c7ccccc7)cc6)ccn5)cc(C(C)(C)C)c4)cccc32)cc1-c1ccccc1. The van der Waals surface area contributed by atoms with Gasteiger partial charge in [0.15, 0.2) is 0 Å². The van der Waals surface area contributed by atoms with Crippen molar-refractivity contribution in [2.75, 3.05) is 0 Å². The largest absolute Gasteiger partial charge is 0.507 e. The summed E-state index contributed by atoms with van der Waals surface area (Å²) in [5.74, 6) is -0.0802. The second-order valence-corrected chi connectivity index (χ2v) is 22.9. The van der Waals surface area contributed by atoms with Crippen LogP contribution in [-0.2, 0) is 16.2 Å². The molecule has 0 atom stereocenters. The Morgan fingerprint density at radius 3 is 1.59 bits per heavy atom. The summed E-state index contributed by atoms with van der Waals surface area (Å²) in [6, 6.07) is 66.5. The van der Waals surface area contributed by atoms with E-state index in [1.54, 1.807) is 0 Å². The van der Waals surface area contributed by atoms with Crippen LogP contribution in [-0.4, -0.2) is 19.6 Å². The average Bonchev–Trinajstić information content (AvgIpc) is 3.78. The second-order valence-electron chi connectivity index (χ2n) is 22.9. The topological polar surface area (TPSA) is 50.9 Å². The van der Waals surface area contributed by atoms with E-state index in [2.05, 4.69) is 237 Å². The van der Waals surface area contributed by atoms with Gasteiger partial charge in [-0.15, -0.1) is 0 Å². The molecule has 4 nitrogen and oxygen atoms in total. The molecule has 0 amide bonds. The zero-order chi connectivity index (χ0) is 52.3. The fourth-order valence-corrected chi connectivity index (χ4v) is 10.1. The van der Waals surface area contributed by atoms with Gasteiger partial charge in [-0.2, -0.15) is 0 Å². The summed E-state index contributed by atoms with van der Waals surface area (Å²) < 4.78 is 11.8. The molecular formula is C69H67N3O. The van der Waals surface area contributed by atoms with Crippen molar-refractivity contribution < 1.29 is 6.48 Å². The van der Waals surface area contributed by atoms with Crippen LogP contribution in [0.1, 0.15) is 106 Å². The van der Waals surface area contributed by atoms with Gasteiger partial charge >= 0.3 is 0 Å². The smallest absolute Gasteiger partial charge is 0.149 e. The van der Waals surface area contributed by atoms with Gasteiger partial charge in [-0.25, -0.2) is 4.98 Å². The molecule has 0 unspecified atom stereocenters. The quantitative estimate of drug-likeness (QED) is 0.157. The molecule has 4 heteroatoms. The molecule has 0 bridgehead atoms. The van der Waals surface area contributed by atoms with Crippen molar-refractivity contribution in [1.29, 1.82) is 0 Å². The first kappa shape index (κ1) is 47.5. The minimum atomic E-state index is -0.932. The van der Waals surface area contributed by atoms with Crippen molar-refractivity contribution in [2.24, 2.45) is 0 Å². The lowest BCUT2D eigenvalue weighted by molar-refractivity contribution is 0.446. The highest BCUT2D eigenvalue weighted by Crippen LogP contribution is 2.47. The molecule has 0 aliphatic carbocycles. The highest BCUT2D eigenvalue weighted by atomic mass is 16.3. The molecule has 10 aromatic rings. The lowest BCUT2D eigenvalue weighted by Crippen LogP contribution is -2.17. The first-order valence-electron chi connectivity index (χ1n) is 26.1. The first-order chi connectivity index (χ1) is 35.1. The number of para-hydroxylation sites is 1. The maximum atomic E-state index is 12.8. The molecule has 0 aliphatic heterocycles. The molecule has 0 fully saturated rings. The van der Waals surface area contributed by atoms with E-state index in [-0.39, 0.29) is 22.0 Å². The summed E-state index contributed by atoms with van der Waals surface area (Å²) in [6.07, 6.45) is 1.92. The van der Waals surface area contributed by atoms with E-state index in [1.807, 2.05) is 38.2 Å². The molecule has 0 saturated heterocycles. The summed E-state index contributed by atoms with van der Waals surface area (Å²) in [5, 5.41) is 12.8. The Balaban J connectivity index is 1.26. The second kappa shape index (κ2) is 19.0. The minimum absolute atomic E-state index is 0.192. The monoisotopic (exact) mass is 955 g/mol. The number of phenols is 1. The number of imidazole rings is 1. The van der Waals surface area contributed by atoms with Crippen LogP contribution in [0.3, 0.4) is 0 Å². The molecular weight excluding hydrogens is 887 g/mol. The van der Waals surface area contributed by atoms with Crippen LogP contribution in [0.2, 0.25) is 0 Å². The number of benzene rings is 8. The predicted molar refractivity (Wildman–Crippen MR) is 309 cm³/mol. The molecule has 10 rings (SSSR count). The Hall–Kier alpha value is -7.82. The summed E-state index contributed by atoms with van der Waals surface area (Å²) in [5.41, 5.74) is 19.0. The van der Waals surface area contributed by atoms with Gasteiger partial charge in [0, 0.05) is 29.8 Å². The zero-order valence-corrected chi connectivity index (χ0v) is 44.3. The normalized spacial score (nSPS) is 12.6. The van der Waals surface area contributed by atoms with Crippen molar-refractivity contribution >= 4 is 11.0 Å². The van der Waals surface area contributed by atoms with Gasteiger partial charge in [0.1, 0.15) is 11.6 Å². The molecule has 0 saturated carbocycles. The van der Waals surface area contributed by atoms with Gasteiger partial charge in [0.2, 0.25) is 0 Å². The number of phenolic OH excluding ortho intramolecular Hbond substituents is 1. The maximum absolute atomic E-state index is 12.8. The maximum Gasteiger partial charge on any atom is 0.149 e. The molecule has 1 N–H and O–H groups in total. The molecule has 0 aliphatic rings. The standard InChI is InChI=1S/C69H67N3O/c1-44(2)56-42-58(49-26-19-14-20-27-49)63(43-57(56)48-24-17-13-18-25-48)72-62-29-21-28-55(64(62)71-66(72)59-40-54(68(6,7)8)41-60(65(59)73)69(9,10)11)51-36-52(38-53(37-51)67(3,4)5)61-39-50(34-35-70-61)47-32-30-46(31-33-47)45-22-15-12-16-23-45/h12-44,73H,1-11H3/i44D. The Kier molecular flexibility index (Phi) is 12.4. The highest BCUT2D eigenvalue weighted by molar-refractivity contribution is 5.98. The number of rotatable bonds is 9. The van der Waals surface area contributed by atoms with E-state index in [0.29, 0.717) is 11.4 Å². The molecule has 2 aromatic heterocycles. The van der Waals surface area contributed by atoms with E-state index < -0.39 is 5.89 Å². The van der Waals surface area contributed by atoms with Crippen LogP contribution in [0.15, 0.2) is 194 Å². The molecule has 364 valence electrons. The van der Waals surface area contributed by atoms with Crippen LogP contribution >= 0.6 is 0 Å².